The van der Waals surface area contributed by atoms with E-state index in [0.717, 1.165) is 11.8 Å². The van der Waals surface area contributed by atoms with Crippen LogP contribution >= 0.6 is 0 Å². The van der Waals surface area contributed by atoms with Crippen LogP contribution in [-0.2, 0) is 20.7 Å². The van der Waals surface area contributed by atoms with Crippen molar-refractivity contribution in [1.82, 2.24) is 0 Å². The van der Waals surface area contributed by atoms with E-state index in [1.54, 1.807) is 0 Å². The average molecular weight is 226 g/mol. The molecule has 0 spiro atoms. The van der Waals surface area contributed by atoms with Crippen LogP contribution < -0.4 is 0 Å². The molecule has 0 saturated heterocycles. The Morgan fingerprint density at radius 3 is 2.53 bits per heavy atom. The van der Waals surface area contributed by atoms with E-state index in [2.05, 4.69) is 10.8 Å². The number of rotatable bonds is 6. The van der Waals surface area contributed by atoms with Gasteiger partial charge in [-0.3, -0.25) is 4.18 Å². The molecule has 82 valence electrons. The first-order valence-electron chi connectivity index (χ1n) is 4.70. The zero-order chi connectivity index (χ0) is 11.1. The van der Waals surface area contributed by atoms with Crippen molar-refractivity contribution >= 4 is 10.1 Å². The first kappa shape index (κ1) is 11.9. The Labute approximate surface area is 90.5 Å². The highest BCUT2D eigenvalue weighted by Crippen LogP contribution is 2.03. The number of aryl methyl sites for hydroxylation is 1. The Morgan fingerprint density at radius 2 is 1.93 bits per heavy atom. The summed E-state index contributed by atoms with van der Waals surface area (Å²) in [6.07, 6.45) is 1.49. The molecule has 1 aromatic carbocycles. The Kier molecular flexibility index (Phi) is 4.52. The summed E-state index contributed by atoms with van der Waals surface area (Å²) in [6.45, 7) is 3.35. The van der Waals surface area contributed by atoms with Gasteiger partial charge in [0, 0.05) is 0 Å². The van der Waals surface area contributed by atoms with Crippen molar-refractivity contribution in [2.24, 2.45) is 0 Å². The standard InChI is InChI=1S/C11H14O3S/c1-2-15(12,13)14-10-6-9-11-7-4-3-5-8-11/h2-5,7-8H,1,6,9-10H2. The molecule has 15 heavy (non-hydrogen) atoms. The second-order valence-corrected chi connectivity index (χ2v) is 4.63. The molecule has 0 heterocycles. The summed E-state index contributed by atoms with van der Waals surface area (Å²) in [5.74, 6) is 0. The van der Waals surface area contributed by atoms with Gasteiger partial charge in [0.15, 0.2) is 0 Å². The van der Waals surface area contributed by atoms with Gasteiger partial charge in [-0.05, 0) is 18.4 Å². The molecule has 0 aliphatic carbocycles. The molecule has 0 amide bonds. The van der Waals surface area contributed by atoms with Gasteiger partial charge in [-0.1, -0.05) is 36.9 Å². The lowest BCUT2D eigenvalue weighted by Gasteiger charge is -2.01. The molecule has 0 aliphatic rings. The maximum atomic E-state index is 10.9. The highest BCUT2D eigenvalue weighted by Gasteiger charge is 2.03. The fourth-order valence-electron chi connectivity index (χ4n) is 1.14. The maximum absolute atomic E-state index is 10.9. The zero-order valence-electron chi connectivity index (χ0n) is 8.43. The van der Waals surface area contributed by atoms with E-state index in [1.807, 2.05) is 30.3 Å². The summed E-state index contributed by atoms with van der Waals surface area (Å²) in [5, 5.41) is 0.815. The van der Waals surface area contributed by atoms with Gasteiger partial charge in [0.05, 0.1) is 12.0 Å². The molecule has 3 nitrogen and oxygen atoms in total. The lowest BCUT2D eigenvalue weighted by molar-refractivity contribution is 0.318. The van der Waals surface area contributed by atoms with Gasteiger partial charge in [-0.15, -0.1) is 0 Å². The molecular weight excluding hydrogens is 212 g/mol. The third kappa shape index (κ3) is 4.76. The van der Waals surface area contributed by atoms with Crippen LogP contribution in [0.1, 0.15) is 12.0 Å². The van der Waals surface area contributed by atoms with E-state index >= 15 is 0 Å². The van der Waals surface area contributed by atoms with Gasteiger partial charge in [0.2, 0.25) is 0 Å². The predicted molar refractivity (Wildman–Crippen MR) is 59.8 cm³/mol. The Hall–Kier alpha value is -1.13. The van der Waals surface area contributed by atoms with Gasteiger partial charge in [0.25, 0.3) is 10.1 Å². The summed E-state index contributed by atoms with van der Waals surface area (Å²) >= 11 is 0. The molecule has 0 bridgehead atoms. The average Bonchev–Trinajstić information content (AvgIpc) is 2.26. The summed E-state index contributed by atoms with van der Waals surface area (Å²) < 4.78 is 26.4. The van der Waals surface area contributed by atoms with Crippen LogP contribution in [0.4, 0.5) is 0 Å². The summed E-state index contributed by atoms with van der Waals surface area (Å²) in [7, 11) is -3.51. The number of hydrogen-bond acceptors (Lipinski definition) is 3. The van der Waals surface area contributed by atoms with Crippen molar-refractivity contribution in [3.63, 3.8) is 0 Å². The quantitative estimate of drug-likeness (QED) is 0.551. The maximum Gasteiger partial charge on any atom is 0.289 e. The summed E-state index contributed by atoms with van der Waals surface area (Å²) in [6, 6.07) is 9.86. The highest BCUT2D eigenvalue weighted by atomic mass is 32.2. The lowest BCUT2D eigenvalue weighted by atomic mass is 10.1. The number of hydrogen-bond donors (Lipinski definition) is 0. The third-order valence-electron chi connectivity index (χ3n) is 1.90. The molecule has 1 aromatic rings. The van der Waals surface area contributed by atoms with Crippen LogP contribution in [0, 0.1) is 0 Å². The van der Waals surface area contributed by atoms with Crippen molar-refractivity contribution in [1.29, 1.82) is 0 Å². The fraction of sp³-hybridized carbons (Fsp3) is 0.273. The van der Waals surface area contributed by atoms with Crippen molar-refractivity contribution in [3.8, 4) is 0 Å². The van der Waals surface area contributed by atoms with Crippen LogP contribution in [-0.4, -0.2) is 15.0 Å². The monoisotopic (exact) mass is 226 g/mol. The van der Waals surface area contributed by atoms with Crippen molar-refractivity contribution in [2.45, 2.75) is 12.8 Å². The van der Waals surface area contributed by atoms with Crippen molar-refractivity contribution in [3.05, 3.63) is 47.9 Å². The van der Waals surface area contributed by atoms with E-state index in [4.69, 9.17) is 0 Å². The topological polar surface area (TPSA) is 43.4 Å². The molecule has 0 unspecified atom stereocenters. The van der Waals surface area contributed by atoms with Gasteiger partial charge < -0.3 is 0 Å². The van der Waals surface area contributed by atoms with E-state index in [1.165, 1.54) is 5.56 Å². The SMILES string of the molecule is C=CS(=O)(=O)OCCCc1ccccc1. The normalized spacial score (nSPS) is 11.2. The summed E-state index contributed by atoms with van der Waals surface area (Å²) in [5.41, 5.74) is 1.18. The molecule has 0 aromatic heterocycles. The minimum absolute atomic E-state index is 0.198. The molecule has 4 heteroatoms. The van der Waals surface area contributed by atoms with Crippen LogP contribution in [0.25, 0.3) is 0 Å². The summed E-state index contributed by atoms with van der Waals surface area (Å²) in [4.78, 5) is 0. The highest BCUT2D eigenvalue weighted by molar-refractivity contribution is 7.89. The van der Waals surface area contributed by atoms with Crippen LogP contribution in [0.3, 0.4) is 0 Å². The molecule has 0 N–H and O–H groups in total. The largest absolute Gasteiger partial charge is 0.289 e. The van der Waals surface area contributed by atoms with E-state index < -0.39 is 10.1 Å². The second kappa shape index (κ2) is 5.68. The molecule has 0 radical (unpaired) electrons. The van der Waals surface area contributed by atoms with Crippen LogP contribution in [0.2, 0.25) is 0 Å². The van der Waals surface area contributed by atoms with Crippen molar-refractivity contribution < 1.29 is 12.6 Å². The van der Waals surface area contributed by atoms with Gasteiger partial charge >= 0.3 is 0 Å². The first-order chi connectivity index (χ1) is 7.14. The smallest absolute Gasteiger partial charge is 0.267 e. The molecule has 0 saturated carbocycles. The Balaban J connectivity index is 2.26. The molecule has 0 atom stereocenters. The Morgan fingerprint density at radius 1 is 1.27 bits per heavy atom. The minimum atomic E-state index is -3.51. The number of benzene rings is 1. The van der Waals surface area contributed by atoms with Gasteiger partial charge in [-0.2, -0.15) is 8.42 Å². The minimum Gasteiger partial charge on any atom is -0.267 e. The van der Waals surface area contributed by atoms with E-state index in [-0.39, 0.29) is 6.61 Å². The predicted octanol–water partition coefficient (Wildman–Crippen LogP) is 2.11. The third-order valence-corrected chi connectivity index (χ3v) is 2.81. The van der Waals surface area contributed by atoms with Gasteiger partial charge in [-0.25, -0.2) is 0 Å². The molecule has 1 rings (SSSR count). The van der Waals surface area contributed by atoms with Crippen LogP contribution in [0.15, 0.2) is 42.3 Å². The van der Waals surface area contributed by atoms with Gasteiger partial charge in [0.1, 0.15) is 0 Å². The molecule has 0 fully saturated rings. The van der Waals surface area contributed by atoms with Crippen molar-refractivity contribution in [2.75, 3.05) is 6.61 Å². The van der Waals surface area contributed by atoms with E-state index in [9.17, 15) is 8.42 Å². The molecular formula is C11H14O3S. The zero-order valence-corrected chi connectivity index (χ0v) is 9.24. The fourth-order valence-corrected chi connectivity index (χ4v) is 1.59. The Bertz CT molecular complexity index is 395. The second-order valence-electron chi connectivity index (χ2n) is 3.07. The van der Waals surface area contributed by atoms with E-state index in [0.29, 0.717) is 6.42 Å². The molecule has 0 aliphatic heterocycles. The first-order valence-corrected chi connectivity index (χ1v) is 6.17. The lowest BCUT2D eigenvalue weighted by Crippen LogP contribution is -2.03. The van der Waals surface area contributed by atoms with Crippen LogP contribution in [0.5, 0.6) is 0 Å².